The first-order valence-corrected chi connectivity index (χ1v) is 7.01. The molecule has 5 nitrogen and oxygen atoms in total. The van der Waals surface area contributed by atoms with Crippen molar-refractivity contribution in [1.29, 1.82) is 0 Å². The standard InChI is InChI=1S/C14H25N3O2/c1-12(14(18)19)5-3-6-13(2)16-7-4-9-17-10-8-15-11-17/h8,10-13,16H,3-7,9H2,1-2H3,(H,18,19). The number of aliphatic carboxylic acids is 1. The zero-order valence-electron chi connectivity index (χ0n) is 11.9. The Bertz CT molecular complexity index is 352. The van der Waals surface area contributed by atoms with E-state index < -0.39 is 5.97 Å². The molecule has 2 unspecified atom stereocenters. The van der Waals surface area contributed by atoms with Crippen LogP contribution in [-0.2, 0) is 11.3 Å². The number of nitrogens with one attached hydrogen (secondary N) is 1. The minimum absolute atomic E-state index is 0.228. The van der Waals surface area contributed by atoms with E-state index in [1.165, 1.54) is 0 Å². The molecule has 0 aliphatic rings. The van der Waals surface area contributed by atoms with Crippen LogP contribution in [0.5, 0.6) is 0 Å². The molecule has 0 radical (unpaired) electrons. The Balaban J connectivity index is 1.98. The Morgan fingerprint density at radius 1 is 1.37 bits per heavy atom. The summed E-state index contributed by atoms with van der Waals surface area (Å²) in [5.41, 5.74) is 0. The number of aromatic nitrogens is 2. The summed E-state index contributed by atoms with van der Waals surface area (Å²) in [6, 6.07) is 0.448. The van der Waals surface area contributed by atoms with Crippen LogP contribution in [0.4, 0.5) is 0 Å². The molecule has 1 aromatic heterocycles. The van der Waals surface area contributed by atoms with Gasteiger partial charge in [-0.3, -0.25) is 4.79 Å². The normalized spacial score (nSPS) is 14.2. The highest BCUT2D eigenvalue weighted by Gasteiger charge is 2.10. The summed E-state index contributed by atoms with van der Waals surface area (Å²) in [4.78, 5) is 14.7. The molecule has 2 atom stereocenters. The first kappa shape index (κ1) is 15.7. The number of imidazole rings is 1. The van der Waals surface area contributed by atoms with E-state index in [4.69, 9.17) is 5.11 Å². The number of nitrogens with zero attached hydrogens (tertiary/aromatic N) is 2. The summed E-state index contributed by atoms with van der Waals surface area (Å²) in [5, 5.41) is 12.3. The van der Waals surface area contributed by atoms with Gasteiger partial charge in [-0.05, 0) is 32.7 Å². The highest BCUT2D eigenvalue weighted by atomic mass is 16.4. The summed E-state index contributed by atoms with van der Waals surface area (Å²) < 4.78 is 2.07. The fourth-order valence-corrected chi connectivity index (χ4v) is 1.98. The Kier molecular flexibility index (Phi) is 7.18. The van der Waals surface area contributed by atoms with E-state index in [0.717, 1.165) is 38.8 Å². The van der Waals surface area contributed by atoms with E-state index in [1.54, 1.807) is 13.1 Å². The van der Waals surface area contributed by atoms with Gasteiger partial charge in [-0.15, -0.1) is 0 Å². The highest BCUT2D eigenvalue weighted by molar-refractivity contribution is 5.69. The molecule has 0 bridgehead atoms. The van der Waals surface area contributed by atoms with E-state index in [9.17, 15) is 4.79 Å². The van der Waals surface area contributed by atoms with Crippen molar-refractivity contribution >= 4 is 5.97 Å². The Morgan fingerprint density at radius 2 is 2.16 bits per heavy atom. The maximum absolute atomic E-state index is 10.7. The van der Waals surface area contributed by atoms with Gasteiger partial charge in [0.25, 0.3) is 0 Å². The van der Waals surface area contributed by atoms with Crippen molar-refractivity contribution in [3.8, 4) is 0 Å². The van der Waals surface area contributed by atoms with Crippen molar-refractivity contribution in [2.45, 2.75) is 52.1 Å². The zero-order valence-corrected chi connectivity index (χ0v) is 11.9. The summed E-state index contributed by atoms with van der Waals surface area (Å²) in [7, 11) is 0. The van der Waals surface area contributed by atoms with E-state index >= 15 is 0 Å². The van der Waals surface area contributed by atoms with Crippen LogP contribution in [0.15, 0.2) is 18.7 Å². The van der Waals surface area contributed by atoms with E-state index in [1.807, 2.05) is 12.5 Å². The minimum atomic E-state index is -0.694. The summed E-state index contributed by atoms with van der Waals surface area (Å²) in [5.74, 6) is -0.922. The SMILES string of the molecule is CC(CCCC(C)C(=O)O)NCCCn1ccnc1. The first-order chi connectivity index (χ1) is 9.09. The Hall–Kier alpha value is -1.36. The molecule has 5 heteroatoms. The van der Waals surface area contributed by atoms with Gasteiger partial charge in [-0.25, -0.2) is 4.98 Å². The van der Waals surface area contributed by atoms with Gasteiger partial charge >= 0.3 is 5.97 Å². The van der Waals surface area contributed by atoms with Crippen molar-refractivity contribution < 1.29 is 9.90 Å². The molecule has 0 spiro atoms. The topological polar surface area (TPSA) is 67.2 Å². The van der Waals surface area contributed by atoms with Gasteiger partial charge in [0.05, 0.1) is 12.2 Å². The molecular weight excluding hydrogens is 242 g/mol. The van der Waals surface area contributed by atoms with Crippen LogP contribution in [0.2, 0.25) is 0 Å². The maximum atomic E-state index is 10.7. The van der Waals surface area contributed by atoms with Crippen LogP contribution in [0, 0.1) is 5.92 Å². The van der Waals surface area contributed by atoms with Crippen LogP contribution >= 0.6 is 0 Å². The third-order valence-electron chi connectivity index (χ3n) is 3.34. The number of carbonyl (C=O) groups is 1. The van der Waals surface area contributed by atoms with Crippen LogP contribution in [-0.4, -0.2) is 33.2 Å². The first-order valence-electron chi connectivity index (χ1n) is 7.01. The lowest BCUT2D eigenvalue weighted by Crippen LogP contribution is -2.27. The zero-order chi connectivity index (χ0) is 14.1. The summed E-state index contributed by atoms with van der Waals surface area (Å²) in [6.07, 6.45) is 9.42. The van der Waals surface area contributed by atoms with Gasteiger partial charge < -0.3 is 15.0 Å². The molecular formula is C14H25N3O2. The lowest BCUT2D eigenvalue weighted by Gasteiger charge is -2.14. The molecule has 0 aromatic carbocycles. The van der Waals surface area contributed by atoms with Gasteiger partial charge in [-0.2, -0.15) is 0 Å². The van der Waals surface area contributed by atoms with Crippen molar-refractivity contribution in [3.05, 3.63) is 18.7 Å². The Morgan fingerprint density at radius 3 is 2.79 bits per heavy atom. The molecule has 0 saturated carbocycles. The molecule has 0 saturated heterocycles. The average molecular weight is 267 g/mol. The molecule has 108 valence electrons. The second-order valence-electron chi connectivity index (χ2n) is 5.18. The van der Waals surface area contributed by atoms with E-state index in [0.29, 0.717) is 6.04 Å². The van der Waals surface area contributed by atoms with Gasteiger partial charge in [0.1, 0.15) is 0 Å². The average Bonchev–Trinajstić information content (AvgIpc) is 2.87. The van der Waals surface area contributed by atoms with Crippen molar-refractivity contribution in [2.24, 2.45) is 5.92 Å². The van der Waals surface area contributed by atoms with Gasteiger partial charge in [0.2, 0.25) is 0 Å². The summed E-state index contributed by atoms with van der Waals surface area (Å²) >= 11 is 0. The molecule has 0 aliphatic heterocycles. The number of aryl methyl sites for hydroxylation is 1. The molecule has 1 aromatic rings. The lowest BCUT2D eigenvalue weighted by atomic mass is 10.0. The molecule has 1 heterocycles. The lowest BCUT2D eigenvalue weighted by molar-refractivity contribution is -0.141. The third-order valence-corrected chi connectivity index (χ3v) is 3.34. The van der Waals surface area contributed by atoms with Crippen LogP contribution in [0.3, 0.4) is 0 Å². The highest BCUT2D eigenvalue weighted by Crippen LogP contribution is 2.09. The van der Waals surface area contributed by atoms with Gasteiger partial charge in [0.15, 0.2) is 0 Å². The van der Waals surface area contributed by atoms with Crippen molar-refractivity contribution in [3.63, 3.8) is 0 Å². The summed E-state index contributed by atoms with van der Waals surface area (Å²) in [6.45, 7) is 5.89. The number of hydrogen-bond acceptors (Lipinski definition) is 3. The predicted octanol–water partition coefficient (Wildman–Crippen LogP) is 2.14. The van der Waals surface area contributed by atoms with Crippen LogP contribution in [0.25, 0.3) is 0 Å². The number of carboxylic acids is 1. The van der Waals surface area contributed by atoms with Crippen LogP contribution in [0.1, 0.15) is 39.5 Å². The number of carboxylic acid groups (broad SMARTS) is 1. The smallest absolute Gasteiger partial charge is 0.306 e. The predicted molar refractivity (Wildman–Crippen MR) is 75.0 cm³/mol. The molecule has 0 amide bonds. The number of rotatable bonds is 10. The molecule has 19 heavy (non-hydrogen) atoms. The second-order valence-corrected chi connectivity index (χ2v) is 5.18. The minimum Gasteiger partial charge on any atom is -0.481 e. The molecule has 1 rings (SSSR count). The van der Waals surface area contributed by atoms with Gasteiger partial charge in [0, 0.05) is 25.0 Å². The van der Waals surface area contributed by atoms with Crippen molar-refractivity contribution in [2.75, 3.05) is 6.54 Å². The Labute approximate surface area is 115 Å². The maximum Gasteiger partial charge on any atom is 0.306 e. The van der Waals surface area contributed by atoms with Crippen molar-refractivity contribution in [1.82, 2.24) is 14.9 Å². The van der Waals surface area contributed by atoms with E-state index in [2.05, 4.69) is 21.8 Å². The monoisotopic (exact) mass is 267 g/mol. The second kappa shape index (κ2) is 8.69. The molecule has 0 aliphatic carbocycles. The quantitative estimate of drug-likeness (QED) is 0.637. The molecule has 2 N–H and O–H groups in total. The third kappa shape index (κ3) is 6.96. The fraction of sp³-hybridized carbons (Fsp3) is 0.714. The number of hydrogen-bond donors (Lipinski definition) is 2. The van der Waals surface area contributed by atoms with Crippen LogP contribution < -0.4 is 5.32 Å². The molecule has 0 fully saturated rings. The fourth-order valence-electron chi connectivity index (χ4n) is 1.98. The van der Waals surface area contributed by atoms with Gasteiger partial charge in [-0.1, -0.05) is 13.3 Å². The van der Waals surface area contributed by atoms with E-state index in [-0.39, 0.29) is 5.92 Å². The largest absolute Gasteiger partial charge is 0.481 e.